The molecule has 0 radical (unpaired) electrons. The number of anilines is 1. The Morgan fingerprint density at radius 3 is 2.72 bits per heavy atom. The highest BCUT2D eigenvalue weighted by molar-refractivity contribution is 6.00. The number of fused-ring (bicyclic) bond motifs is 3. The van der Waals surface area contributed by atoms with E-state index in [4.69, 9.17) is 9.15 Å². The smallest absolute Gasteiger partial charge is 0.373 e. The molecule has 9 nitrogen and oxygen atoms in total. The van der Waals surface area contributed by atoms with Crippen molar-refractivity contribution in [3.63, 3.8) is 0 Å². The maximum absolute atomic E-state index is 14.8. The summed E-state index contributed by atoms with van der Waals surface area (Å²) < 4.78 is 70.4. The lowest BCUT2D eigenvalue weighted by Crippen LogP contribution is -2.47. The first-order chi connectivity index (χ1) is 20.5. The number of halogens is 4. The fourth-order valence-corrected chi connectivity index (χ4v) is 6.20. The molecule has 43 heavy (non-hydrogen) atoms. The maximum Gasteiger partial charge on any atom is 0.373 e. The molecule has 3 saturated heterocycles. The molecule has 4 aromatic rings. The highest BCUT2D eigenvalue weighted by atomic mass is 19.3. The normalized spacial score (nSPS) is 21.6. The van der Waals surface area contributed by atoms with Crippen molar-refractivity contribution in [1.82, 2.24) is 14.9 Å². The van der Waals surface area contributed by atoms with Crippen LogP contribution in [0.4, 0.5) is 23.4 Å². The molecule has 2 unspecified atom stereocenters. The Kier molecular flexibility index (Phi) is 7.63. The molecule has 7 rings (SSSR count). The summed E-state index contributed by atoms with van der Waals surface area (Å²) >= 11 is 0. The first kappa shape index (κ1) is 29.1. The molecule has 0 saturated carbocycles. The SMILES string of the molecule is COc1nc(N2CCOC(F)(F)C2)c2c(=O)oc(-c3cc(O)cc4cccc(F)c34)c(C)c2n1.FC1CC2CCCN2C1. The van der Waals surface area contributed by atoms with Crippen LogP contribution in [0.3, 0.4) is 0 Å². The van der Waals surface area contributed by atoms with Gasteiger partial charge in [0.15, 0.2) is 5.82 Å². The van der Waals surface area contributed by atoms with Crippen molar-refractivity contribution in [1.29, 1.82) is 0 Å². The monoisotopic (exact) mass is 602 g/mol. The van der Waals surface area contributed by atoms with E-state index in [1.54, 1.807) is 13.0 Å². The number of methoxy groups -OCH3 is 1. The molecular formula is C30H30F4N4O5. The largest absolute Gasteiger partial charge is 0.508 e. The van der Waals surface area contributed by atoms with Gasteiger partial charge in [0.2, 0.25) is 0 Å². The lowest BCUT2D eigenvalue weighted by Gasteiger charge is -2.33. The Morgan fingerprint density at radius 1 is 1.16 bits per heavy atom. The van der Waals surface area contributed by atoms with E-state index < -0.39 is 30.3 Å². The molecular weight excluding hydrogens is 572 g/mol. The van der Waals surface area contributed by atoms with Gasteiger partial charge in [0.1, 0.15) is 35.4 Å². The van der Waals surface area contributed by atoms with Crippen molar-refractivity contribution in [3.8, 4) is 23.1 Å². The zero-order valence-corrected chi connectivity index (χ0v) is 23.6. The number of rotatable bonds is 3. The predicted molar refractivity (Wildman–Crippen MR) is 151 cm³/mol. The van der Waals surface area contributed by atoms with Crippen molar-refractivity contribution < 1.29 is 36.6 Å². The van der Waals surface area contributed by atoms with Crippen LogP contribution in [0.5, 0.6) is 11.8 Å². The van der Waals surface area contributed by atoms with Crippen molar-refractivity contribution in [2.24, 2.45) is 0 Å². The molecule has 5 heterocycles. The summed E-state index contributed by atoms with van der Waals surface area (Å²) in [5.74, 6) is -0.847. The average molecular weight is 603 g/mol. The molecule has 0 aliphatic carbocycles. The number of phenolic OH excluding ortho intramolecular Hbond substituents is 1. The lowest BCUT2D eigenvalue weighted by atomic mass is 9.98. The number of ether oxygens (including phenoxy) is 2. The second-order valence-corrected chi connectivity index (χ2v) is 11.0. The summed E-state index contributed by atoms with van der Waals surface area (Å²) in [6.45, 7) is 2.38. The van der Waals surface area contributed by atoms with Crippen LogP contribution >= 0.6 is 0 Å². The number of aromatic hydroxyl groups is 1. The number of nitrogens with zero attached hydrogens (tertiary/aromatic N) is 4. The van der Waals surface area contributed by atoms with E-state index in [2.05, 4.69) is 19.6 Å². The average Bonchev–Trinajstić information content (AvgIpc) is 3.54. The topological polar surface area (TPSA) is 101 Å². The standard InChI is InChI=1S/C23H18F3N3O5.C7H12FN/c1-11-18-17(20(28-22(27-18)32-2)29-6-7-33-23(25,26)10-29)21(31)34-19(11)14-9-13(30)8-12-4-3-5-15(24)16(12)14;8-6-4-7-2-1-3-9(7)5-6/h3-5,8-9,30H,6-7,10H2,1-2H3;6-7H,1-5H2. The van der Waals surface area contributed by atoms with Gasteiger partial charge in [-0.1, -0.05) is 12.1 Å². The first-order valence-electron chi connectivity index (χ1n) is 14.0. The fraction of sp³-hybridized carbons (Fsp3) is 0.433. The van der Waals surface area contributed by atoms with Crippen LogP contribution < -0.4 is 15.3 Å². The number of hydrogen-bond donors (Lipinski definition) is 1. The van der Waals surface area contributed by atoms with Crippen LogP contribution in [-0.4, -0.2) is 78.2 Å². The number of benzene rings is 2. The first-order valence-corrected chi connectivity index (χ1v) is 14.0. The zero-order valence-electron chi connectivity index (χ0n) is 23.6. The van der Waals surface area contributed by atoms with E-state index in [-0.39, 0.29) is 58.3 Å². The minimum atomic E-state index is -3.43. The Hall–Kier alpha value is -3.97. The second-order valence-electron chi connectivity index (χ2n) is 11.0. The van der Waals surface area contributed by atoms with Gasteiger partial charge in [-0.3, -0.25) is 4.90 Å². The van der Waals surface area contributed by atoms with Gasteiger partial charge in [-0.05, 0) is 56.3 Å². The van der Waals surface area contributed by atoms with Crippen LogP contribution in [0, 0.1) is 12.7 Å². The third-order valence-electron chi connectivity index (χ3n) is 8.11. The molecule has 0 spiro atoms. The van der Waals surface area contributed by atoms with Crippen LogP contribution in [0.1, 0.15) is 24.8 Å². The van der Waals surface area contributed by atoms with Gasteiger partial charge < -0.3 is 23.9 Å². The van der Waals surface area contributed by atoms with Gasteiger partial charge >= 0.3 is 17.7 Å². The number of hydrogen-bond acceptors (Lipinski definition) is 9. The minimum absolute atomic E-state index is 0.0255. The summed E-state index contributed by atoms with van der Waals surface area (Å²) in [4.78, 5) is 25.0. The predicted octanol–water partition coefficient (Wildman–Crippen LogP) is 5.19. The van der Waals surface area contributed by atoms with Crippen LogP contribution in [-0.2, 0) is 4.74 Å². The van der Waals surface area contributed by atoms with Crippen molar-refractivity contribution in [2.75, 3.05) is 44.8 Å². The second kappa shape index (κ2) is 11.3. The summed E-state index contributed by atoms with van der Waals surface area (Å²) in [7, 11) is 1.30. The molecule has 2 aromatic heterocycles. The Labute approximate surface area is 243 Å². The van der Waals surface area contributed by atoms with E-state index in [0.717, 1.165) is 13.0 Å². The highest BCUT2D eigenvalue weighted by Crippen LogP contribution is 2.39. The lowest BCUT2D eigenvalue weighted by molar-refractivity contribution is -0.240. The molecule has 0 amide bonds. The quantitative estimate of drug-likeness (QED) is 0.318. The Bertz CT molecular complexity index is 1740. The summed E-state index contributed by atoms with van der Waals surface area (Å²) in [6, 6.07) is 7.48. The highest BCUT2D eigenvalue weighted by Gasteiger charge is 2.39. The summed E-state index contributed by atoms with van der Waals surface area (Å²) in [6.07, 6.45) is -0.622. The maximum atomic E-state index is 14.8. The molecule has 3 aliphatic heterocycles. The number of aromatic nitrogens is 2. The molecule has 2 aromatic carbocycles. The molecule has 0 bridgehead atoms. The molecule has 3 aliphatic rings. The van der Waals surface area contributed by atoms with Crippen LogP contribution in [0.2, 0.25) is 0 Å². The summed E-state index contributed by atoms with van der Waals surface area (Å²) in [5.41, 5.74) is -0.361. The van der Waals surface area contributed by atoms with Gasteiger partial charge in [-0.15, -0.1) is 0 Å². The molecule has 1 N–H and O–H groups in total. The van der Waals surface area contributed by atoms with Gasteiger partial charge in [-0.2, -0.15) is 18.7 Å². The van der Waals surface area contributed by atoms with E-state index in [9.17, 15) is 27.5 Å². The molecule has 228 valence electrons. The third kappa shape index (κ3) is 5.58. The van der Waals surface area contributed by atoms with Crippen molar-refractivity contribution in [2.45, 2.75) is 44.5 Å². The summed E-state index contributed by atoms with van der Waals surface area (Å²) in [5, 5.41) is 10.6. The van der Waals surface area contributed by atoms with E-state index >= 15 is 0 Å². The number of phenols is 1. The Balaban J connectivity index is 0.000000310. The molecule has 2 atom stereocenters. The number of morpholine rings is 1. The van der Waals surface area contributed by atoms with E-state index in [0.29, 0.717) is 23.5 Å². The van der Waals surface area contributed by atoms with Gasteiger partial charge in [-0.25, -0.2) is 13.6 Å². The van der Waals surface area contributed by atoms with Gasteiger partial charge in [0.25, 0.3) is 0 Å². The van der Waals surface area contributed by atoms with Crippen LogP contribution in [0.15, 0.2) is 39.5 Å². The van der Waals surface area contributed by atoms with Crippen molar-refractivity contribution >= 4 is 27.5 Å². The Morgan fingerprint density at radius 2 is 1.98 bits per heavy atom. The number of aryl methyl sites for hydroxylation is 1. The van der Waals surface area contributed by atoms with Gasteiger partial charge in [0, 0.05) is 35.6 Å². The zero-order chi connectivity index (χ0) is 30.5. The molecule has 3 fully saturated rings. The van der Waals surface area contributed by atoms with Crippen molar-refractivity contribution in [3.05, 3.63) is 52.1 Å². The van der Waals surface area contributed by atoms with E-state index in [1.807, 2.05) is 0 Å². The molecule has 13 heteroatoms. The van der Waals surface area contributed by atoms with Crippen LogP contribution in [0.25, 0.3) is 33.0 Å². The van der Waals surface area contributed by atoms with Gasteiger partial charge in [0.05, 0.1) is 19.2 Å². The fourth-order valence-electron chi connectivity index (χ4n) is 6.20. The third-order valence-corrected chi connectivity index (χ3v) is 8.11. The number of alkyl halides is 3. The van der Waals surface area contributed by atoms with E-state index in [1.165, 1.54) is 49.1 Å². The minimum Gasteiger partial charge on any atom is -0.508 e.